The molecule has 0 heterocycles. The zero-order chi connectivity index (χ0) is 15.6. The highest BCUT2D eigenvalue weighted by molar-refractivity contribution is 9.10. The predicted molar refractivity (Wildman–Crippen MR) is 89.2 cm³/mol. The average Bonchev–Trinajstić information content (AvgIpc) is 2.44. The molecule has 1 atom stereocenters. The lowest BCUT2D eigenvalue weighted by Gasteiger charge is -2.28. The van der Waals surface area contributed by atoms with E-state index in [9.17, 15) is 9.90 Å². The Morgan fingerprint density at radius 1 is 1.14 bits per heavy atom. The lowest BCUT2D eigenvalue weighted by atomic mass is 9.91. The number of carboxylic acid groups (broad SMARTS) is 1. The minimum absolute atomic E-state index is 0.319. The summed E-state index contributed by atoms with van der Waals surface area (Å²) in [5, 5.41) is 13.3. The largest absolute Gasteiger partial charge is 0.479 e. The van der Waals surface area contributed by atoms with Gasteiger partial charge in [0.25, 0.3) is 0 Å². The molecule has 2 rings (SSSR count). The zero-order valence-corrected chi connectivity index (χ0v) is 14.1. The smallest absolute Gasteiger partial charge is 0.333 e. The van der Waals surface area contributed by atoms with Gasteiger partial charge >= 0.3 is 5.97 Å². The predicted octanol–water partition coefficient (Wildman–Crippen LogP) is 5.17. The molecule has 21 heavy (non-hydrogen) atoms. The van der Waals surface area contributed by atoms with E-state index in [1.54, 1.807) is 37.3 Å². The van der Waals surface area contributed by atoms with Crippen molar-refractivity contribution in [2.75, 3.05) is 5.32 Å². The van der Waals surface area contributed by atoms with Gasteiger partial charge in [0.05, 0.1) is 10.0 Å². The van der Waals surface area contributed by atoms with Gasteiger partial charge in [-0.3, -0.25) is 0 Å². The summed E-state index contributed by atoms with van der Waals surface area (Å²) in [6, 6.07) is 12.0. The molecule has 2 N–H and O–H groups in total. The van der Waals surface area contributed by atoms with Crippen molar-refractivity contribution in [1.29, 1.82) is 0 Å². The van der Waals surface area contributed by atoms with Gasteiger partial charge in [-0.2, -0.15) is 0 Å². The van der Waals surface area contributed by atoms with Crippen LogP contribution in [0.1, 0.15) is 12.5 Å². The van der Waals surface area contributed by atoms with Crippen molar-refractivity contribution in [2.24, 2.45) is 0 Å². The molecule has 0 fully saturated rings. The quantitative estimate of drug-likeness (QED) is 0.759. The zero-order valence-electron chi connectivity index (χ0n) is 11.0. The molecule has 0 aromatic heterocycles. The summed E-state index contributed by atoms with van der Waals surface area (Å²) in [6.07, 6.45) is 0. The molecule has 0 aliphatic heterocycles. The van der Waals surface area contributed by atoms with Gasteiger partial charge in [0, 0.05) is 10.2 Å². The fourth-order valence-corrected chi connectivity index (χ4v) is 2.44. The number of halogens is 3. The lowest BCUT2D eigenvalue weighted by Crippen LogP contribution is -2.40. The van der Waals surface area contributed by atoms with Crippen molar-refractivity contribution < 1.29 is 9.90 Å². The van der Waals surface area contributed by atoms with Gasteiger partial charge in [-0.1, -0.05) is 45.2 Å². The van der Waals surface area contributed by atoms with Crippen LogP contribution in [0.25, 0.3) is 0 Å². The molecule has 2 aromatic rings. The molecule has 110 valence electrons. The second kappa shape index (κ2) is 6.26. The number of carbonyl (C=O) groups is 1. The molecule has 0 radical (unpaired) electrons. The van der Waals surface area contributed by atoms with Crippen molar-refractivity contribution in [3.63, 3.8) is 0 Å². The molecule has 0 spiro atoms. The second-order valence-corrected chi connectivity index (χ2v) is 6.42. The Morgan fingerprint density at radius 2 is 1.76 bits per heavy atom. The first-order chi connectivity index (χ1) is 9.83. The van der Waals surface area contributed by atoms with Crippen LogP contribution < -0.4 is 5.32 Å². The van der Waals surface area contributed by atoms with E-state index in [0.29, 0.717) is 21.3 Å². The third kappa shape index (κ3) is 3.51. The van der Waals surface area contributed by atoms with E-state index >= 15 is 0 Å². The number of rotatable bonds is 4. The Hall–Kier alpha value is -1.23. The van der Waals surface area contributed by atoms with Gasteiger partial charge in [-0.05, 0) is 48.9 Å². The van der Waals surface area contributed by atoms with E-state index in [0.717, 1.165) is 4.47 Å². The molecule has 2 aromatic carbocycles. The SMILES string of the molecule is CC(Nc1ccc(Br)cc1)(C(=O)O)c1ccc(Cl)c(Cl)c1. The molecular weight excluding hydrogens is 377 g/mol. The summed E-state index contributed by atoms with van der Waals surface area (Å²) in [5.74, 6) is -1.01. The van der Waals surface area contributed by atoms with Gasteiger partial charge in [0.15, 0.2) is 5.54 Å². The van der Waals surface area contributed by atoms with Crippen LogP contribution in [-0.2, 0) is 10.3 Å². The highest BCUT2D eigenvalue weighted by Gasteiger charge is 2.35. The molecule has 0 aliphatic rings. The van der Waals surface area contributed by atoms with Gasteiger partial charge in [-0.25, -0.2) is 4.79 Å². The van der Waals surface area contributed by atoms with Crippen LogP contribution in [0.3, 0.4) is 0 Å². The molecule has 0 saturated heterocycles. The van der Waals surface area contributed by atoms with Crippen LogP contribution >= 0.6 is 39.1 Å². The average molecular weight is 389 g/mol. The van der Waals surface area contributed by atoms with Crippen LogP contribution in [0, 0.1) is 0 Å². The first kappa shape index (κ1) is 16.1. The molecule has 0 amide bonds. The number of carboxylic acids is 1. The highest BCUT2D eigenvalue weighted by Crippen LogP contribution is 2.32. The van der Waals surface area contributed by atoms with Gasteiger partial charge in [0.2, 0.25) is 0 Å². The maximum Gasteiger partial charge on any atom is 0.333 e. The van der Waals surface area contributed by atoms with Crippen LogP contribution in [-0.4, -0.2) is 11.1 Å². The van der Waals surface area contributed by atoms with E-state index in [2.05, 4.69) is 21.2 Å². The summed E-state index contributed by atoms with van der Waals surface area (Å²) >= 11 is 15.2. The van der Waals surface area contributed by atoms with Crippen LogP contribution in [0.15, 0.2) is 46.9 Å². The van der Waals surface area contributed by atoms with Crippen molar-refractivity contribution in [3.05, 3.63) is 62.5 Å². The Bertz CT molecular complexity index is 676. The van der Waals surface area contributed by atoms with Gasteiger partial charge in [0.1, 0.15) is 0 Å². The van der Waals surface area contributed by atoms with Gasteiger partial charge in [-0.15, -0.1) is 0 Å². The third-order valence-electron chi connectivity index (χ3n) is 3.16. The fourth-order valence-electron chi connectivity index (χ4n) is 1.88. The molecular formula is C15H12BrCl2NO2. The third-order valence-corrected chi connectivity index (χ3v) is 4.43. The number of benzene rings is 2. The van der Waals surface area contributed by atoms with Crippen molar-refractivity contribution >= 4 is 50.8 Å². The van der Waals surface area contributed by atoms with Crippen LogP contribution in [0.4, 0.5) is 5.69 Å². The second-order valence-electron chi connectivity index (χ2n) is 4.69. The minimum atomic E-state index is -1.32. The highest BCUT2D eigenvalue weighted by atomic mass is 79.9. The molecule has 0 saturated carbocycles. The van der Waals surface area contributed by atoms with Crippen molar-refractivity contribution in [3.8, 4) is 0 Å². The first-order valence-corrected chi connectivity index (χ1v) is 7.60. The summed E-state index contributed by atoms with van der Waals surface area (Å²) < 4.78 is 0.916. The number of anilines is 1. The summed E-state index contributed by atoms with van der Waals surface area (Å²) in [5.41, 5.74) is -0.108. The van der Waals surface area contributed by atoms with E-state index in [1.807, 2.05) is 12.1 Å². The Labute approximate surface area is 141 Å². The Balaban J connectivity index is 2.42. The summed E-state index contributed by atoms with van der Waals surface area (Å²) in [7, 11) is 0. The van der Waals surface area contributed by atoms with Crippen molar-refractivity contribution in [1.82, 2.24) is 0 Å². The Kier molecular flexibility index (Phi) is 4.81. The summed E-state index contributed by atoms with van der Waals surface area (Å²) in [4.78, 5) is 11.7. The van der Waals surface area contributed by atoms with E-state index in [-0.39, 0.29) is 0 Å². The van der Waals surface area contributed by atoms with Crippen LogP contribution in [0.5, 0.6) is 0 Å². The van der Waals surface area contributed by atoms with Crippen molar-refractivity contribution in [2.45, 2.75) is 12.5 Å². The normalized spacial score (nSPS) is 13.5. The summed E-state index contributed by atoms with van der Waals surface area (Å²) in [6.45, 7) is 1.58. The van der Waals surface area contributed by atoms with E-state index < -0.39 is 11.5 Å². The maximum atomic E-state index is 11.7. The standard InChI is InChI=1S/C15H12BrCl2NO2/c1-15(14(20)21,9-2-7-12(17)13(18)8-9)19-11-5-3-10(16)4-6-11/h2-8,19H,1H3,(H,20,21). The molecule has 0 bridgehead atoms. The number of hydrogen-bond donors (Lipinski definition) is 2. The number of nitrogens with one attached hydrogen (secondary N) is 1. The molecule has 0 aliphatic carbocycles. The fraction of sp³-hybridized carbons (Fsp3) is 0.133. The lowest BCUT2D eigenvalue weighted by molar-refractivity contribution is -0.142. The van der Waals surface area contributed by atoms with Gasteiger partial charge < -0.3 is 10.4 Å². The Morgan fingerprint density at radius 3 is 2.29 bits per heavy atom. The maximum absolute atomic E-state index is 11.7. The van der Waals surface area contributed by atoms with E-state index in [1.165, 1.54) is 0 Å². The molecule has 1 unspecified atom stereocenters. The molecule has 6 heteroatoms. The van der Waals surface area contributed by atoms with E-state index in [4.69, 9.17) is 23.2 Å². The first-order valence-electron chi connectivity index (χ1n) is 6.05. The van der Waals surface area contributed by atoms with Crippen LogP contribution in [0.2, 0.25) is 10.0 Å². The molecule has 3 nitrogen and oxygen atoms in total. The minimum Gasteiger partial charge on any atom is -0.479 e. The number of hydrogen-bond acceptors (Lipinski definition) is 2. The topological polar surface area (TPSA) is 49.3 Å². The number of aliphatic carboxylic acids is 1. The monoisotopic (exact) mass is 387 g/mol.